The smallest absolute Gasteiger partial charge is 0.166 e. The fraction of sp³-hybridized carbons (Fsp3) is 0.278. The highest BCUT2D eigenvalue weighted by molar-refractivity contribution is 5.98. The van der Waals surface area contributed by atoms with Crippen LogP contribution in [0.3, 0.4) is 0 Å². The topological polar surface area (TPSA) is 56.5 Å². The Labute approximate surface area is 133 Å². The molecule has 0 saturated carbocycles. The maximum Gasteiger partial charge on any atom is 0.166 e. The molecule has 1 aromatic carbocycles. The molecule has 1 saturated heterocycles. The van der Waals surface area contributed by atoms with Crippen molar-refractivity contribution in [3.8, 4) is 11.1 Å². The summed E-state index contributed by atoms with van der Waals surface area (Å²) in [7, 11) is 0. The van der Waals surface area contributed by atoms with Gasteiger partial charge in [0, 0.05) is 48.7 Å². The molecule has 116 valence electrons. The average molecular weight is 307 g/mol. The zero-order chi connectivity index (χ0) is 15.6. The van der Waals surface area contributed by atoms with Crippen molar-refractivity contribution in [2.24, 2.45) is 5.92 Å². The van der Waals surface area contributed by atoms with E-state index in [0.29, 0.717) is 13.2 Å². The molecule has 0 radical (unpaired) electrons. The summed E-state index contributed by atoms with van der Waals surface area (Å²) < 4.78 is 7.08. The number of carbonyl (C=O) groups excluding carboxylic acids is 1. The molecule has 5 nitrogen and oxygen atoms in total. The SMILES string of the molecule is O=C(c1cccc(-c2cnc3ccnn3c2)c1)C1CCOCC1. The zero-order valence-electron chi connectivity index (χ0n) is 12.7. The van der Waals surface area contributed by atoms with Crippen LogP contribution in [0.4, 0.5) is 0 Å². The van der Waals surface area contributed by atoms with Gasteiger partial charge in [0.2, 0.25) is 0 Å². The highest BCUT2D eigenvalue weighted by Crippen LogP contribution is 2.24. The second kappa shape index (κ2) is 5.93. The third-order valence-corrected chi connectivity index (χ3v) is 4.32. The summed E-state index contributed by atoms with van der Waals surface area (Å²) in [6, 6.07) is 9.61. The van der Waals surface area contributed by atoms with Crippen LogP contribution in [0.2, 0.25) is 0 Å². The normalized spacial score (nSPS) is 15.8. The first-order valence-corrected chi connectivity index (χ1v) is 7.83. The molecule has 0 N–H and O–H groups in total. The number of fused-ring (bicyclic) bond motifs is 1. The number of rotatable bonds is 3. The van der Waals surface area contributed by atoms with Crippen molar-refractivity contribution in [2.45, 2.75) is 12.8 Å². The standard InChI is InChI=1S/C18H17N3O2/c22-18(13-5-8-23-9-6-13)15-3-1-2-14(10-15)16-11-19-17-4-7-20-21(17)12-16/h1-4,7,10-13H,5-6,8-9H2. The molecular weight excluding hydrogens is 290 g/mol. The van der Waals surface area contributed by atoms with E-state index in [9.17, 15) is 4.79 Å². The summed E-state index contributed by atoms with van der Waals surface area (Å²) in [6.07, 6.45) is 7.08. The number of benzene rings is 1. The van der Waals surface area contributed by atoms with Crippen molar-refractivity contribution in [3.05, 3.63) is 54.5 Å². The number of hydrogen-bond acceptors (Lipinski definition) is 4. The molecule has 23 heavy (non-hydrogen) atoms. The van der Waals surface area contributed by atoms with Gasteiger partial charge in [0.15, 0.2) is 11.4 Å². The number of Topliss-reactive ketones (excluding diaryl/α,β-unsaturated/α-hetero) is 1. The molecule has 0 atom stereocenters. The molecule has 3 heterocycles. The van der Waals surface area contributed by atoms with Crippen LogP contribution in [-0.2, 0) is 4.74 Å². The summed E-state index contributed by atoms with van der Waals surface area (Å²) in [5.74, 6) is 0.286. The van der Waals surface area contributed by atoms with E-state index in [1.54, 1.807) is 10.7 Å². The first kappa shape index (κ1) is 14.1. The van der Waals surface area contributed by atoms with Crippen molar-refractivity contribution < 1.29 is 9.53 Å². The maximum absolute atomic E-state index is 12.7. The highest BCUT2D eigenvalue weighted by atomic mass is 16.5. The van der Waals surface area contributed by atoms with Crippen LogP contribution in [-0.4, -0.2) is 33.6 Å². The van der Waals surface area contributed by atoms with Crippen molar-refractivity contribution in [2.75, 3.05) is 13.2 Å². The van der Waals surface area contributed by atoms with Crippen LogP contribution in [0, 0.1) is 5.92 Å². The lowest BCUT2D eigenvalue weighted by molar-refractivity contribution is 0.0545. The average Bonchev–Trinajstić information content (AvgIpc) is 3.09. The van der Waals surface area contributed by atoms with Gasteiger partial charge in [-0.05, 0) is 24.5 Å². The van der Waals surface area contributed by atoms with Gasteiger partial charge in [-0.3, -0.25) is 4.79 Å². The Balaban J connectivity index is 1.66. The van der Waals surface area contributed by atoms with E-state index in [-0.39, 0.29) is 11.7 Å². The number of hydrogen-bond donors (Lipinski definition) is 0. The summed E-state index contributed by atoms with van der Waals surface area (Å²) in [5, 5.41) is 4.21. The maximum atomic E-state index is 12.7. The van der Waals surface area contributed by atoms with Crippen molar-refractivity contribution >= 4 is 11.4 Å². The van der Waals surface area contributed by atoms with Gasteiger partial charge in [0.25, 0.3) is 0 Å². The Morgan fingerprint density at radius 3 is 2.91 bits per heavy atom. The molecule has 1 fully saturated rings. The van der Waals surface area contributed by atoms with Crippen LogP contribution in [0.15, 0.2) is 48.9 Å². The minimum absolute atomic E-state index is 0.0747. The number of nitrogens with zero attached hydrogens (tertiary/aromatic N) is 3. The number of carbonyl (C=O) groups is 1. The molecule has 2 aromatic heterocycles. The highest BCUT2D eigenvalue weighted by Gasteiger charge is 2.22. The molecule has 1 aliphatic heterocycles. The Hall–Kier alpha value is -2.53. The molecule has 0 amide bonds. The second-order valence-corrected chi connectivity index (χ2v) is 5.81. The molecule has 0 spiro atoms. The summed E-state index contributed by atoms with van der Waals surface area (Å²) in [6.45, 7) is 1.35. The van der Waals surface area contributed by atoms with Gasteiger partial charge >= 0.3 is 0 Å². The van der Waals surface area contributed by atoms with Gasteiger partial charge < -0.3 is 4.74 Å². The molecular formula is C18H17N3O2. The van der Waals surface area contributed by atoms with Crippen LogP contribution >= 0.6 is 0 Å². The molecule has 4 rings (SSSR count). The minimum atomic E-state index is 0.0747. The summed E-state index contributed by atoms with van der Waals surface area (Å²) in [4.78, 5) is 17.0. The Morgan fingerprint density at radius 1 is 1.17 bits per heavy atom. The van der Waals surface area contributed by atoms with E-state index in [1.807, 2.05) is 42.7 Å². The van der Waals surface area contributed by atoms with Gasteiger partial charge in [-0.15, -0.1) is 0 Å². The first-order chi connectivity index (χ1) is 11.3. The summed E-state index contributed by atoms with van der Waals surface area (Å²) in [5.41, 5.74) is 3.49. The van der Waals surface area contributed by atoms with Crippen LogP contribution in [0.1, 0.15) is 23.2 Å². The van der Waals surface area contributed by atoms with Gasteiger partial charge in [-0.1, -0.05) is 18.2 Å². The van der Waals surface area contributed by atoms with E-state index in [4.69, 9.17) is 4.74 Å². The van der Waals surface area contributed by atoms with Crippen molar-refractivity contribution in [1.82, 2.24) is 14.6 Å². The van der Waals surface area contributed by atoms with E-state index in [1.165, 1.54) is 0 Å². The molecule has 1 aliphatic rings. The monoisotopic (exact) mass is 307 g/mol. The third kappa shape index (κ3) is 2.75. The van der Waals surface area contributed by atoms with Gasteiger partial charge in [0.05, 0.1) is 6.20 Å². The minimum Gasteiger partial charge on any atom is -0.381 e. The molecule has 5 heteroatoms. The number of aromatic nitrogens is 3. The lowest BCUT2D eigenvalue weighted by Gasteiger charge is -2.21. The number of ether oxygens (including phenoxy) is 1. The van der Waals surface area contributed by atoms with Gasteiger partial charge in [0.1, 0.15) is 0 Å². The van der Waals surface area contributed by atoms with E-state index >= 15 is 0 Å². The predicted octanol–water partition coefficient (Wildman–Crippen LogP) is 3.01. The largest absolute Gasteiger partial charge is 0.381 e. The van der Waals surface area contributed by atoms with Crippen LogP contribution in [0.5, 0.6) is 0 Å². The Bertz CT molecular complexity index is 850. The van der Waals surface area contributed by atoms with Gasteiger partial charge in [-0.25, -0.2) is 9.50 Å². The lowest BCUT2D eigenvalue weighted by Crippen LogP contribution is -2.23. The van der Waals surface area contributed by atoms with Gasteiger partial charge in [-0.2, -0.15) is 5.10 Å². The predicted molar refractivity (Wildman–Crippen MR) is 86.3 cm³/mol. The second-order valence-electron chi connectivity index (χ2n) is 5.81. The van der Waals surface area contributed by atoms with Crippen molar-refractivity contribution in [3.63, 3.8) is 0 Å². The number of ketones is 1. The van der Waals surface area contributed by atoms with Crippen molar-refractivity contribution in [1.29, 1.82) is 0 Å². The Kier molecular flexibility index (Phi) is 3.63. The molecule has 0 aliphatic carbocycles. The van der Waals surface area contributed by atoms with Crippen LogP contribution in [0.25, 0.3) is 16.8 Å². The molecule has 3 aromatic rings. The summed E-state index contributed by atoms with van der Waals surface area (Å²) >= 11 is 0. The fourth-order valence-corrected chi connectivity index (χ4v) is 3.01. The Morgan fingerprint density at radius 2 is 2.04 bits per heavy atom. The lowest BCUT2D eigenvalue weighted by atomic mass is 9.90. The quantitative estimate of drug-likeness (QED) is 0.698. The molecule has 0 bridgehead atoms. The third-order valence-electron chi connectivity index (χ3n) is 4.32. The van der Waals surface area contributed by atoms with E-state index < -0.39 is 0 Å². The first-order valence-electron chi connectivity index (χ1n) is 7.83. The zero-order valence-corrected chi connectivity index (χ0v) is 12.7. The van der Waals surface area contributed by atoms with E-state index in [2.05, 4.69) is 10.1 Å². The van der Waals surface area contributed by atoms with E-state index in [0.717, 1.165) is 35.2 Å². The molecule has 0 unspecified atom stereocenters. The fourth-order valence-electron chi connectivity index (χ4n) is 3.01. The van der Waals surface area contributed by atoms with Crippen LogP contribution < -0.4 is 0 Å².